The summed E-state index contributed by atoms with van der Waals surface area (Å²) >= 11 is 0. The number of ether oxygens (including phenoxy) is 1. The maximum absolute atomic E-state index is 5.57. The lowest BCUT2D eigenvalue weighted by atomic mass is 10.1. The third kappa shape index (κ3) is 2.64. The Bertz CT molecular complexity index is 1120. The summed E-state index contributed by atoms with van der Waals surface area (Å²) in [7, 11) is 3.52. The number of nitrogens with zero attached hydrogens (tertiary/aromatic N) is 5. The maximum Gasteiger partial charge on any atom is 0.149 e. The van der Waals surface area contributed by atoms with Crippen molar-refractivity contribution in [2.45, 2.75) is 6.92 Å². The molecule has 4 aromatic rings. The first-order chi connectivity index (χ1) is 12.2. The molecule has 7 nitrogen and oxygen atoms in total. The van der Waals surface area contributed by atoms with E-state index in [4.69, 9.17) is 9.26 Å². The van der Waals surface area contributed by atoms with Gasteiger partial charge in [-0.3, -0.25) is 4.68 Å². The molecule has 0 saturated carbocycles. The molecule has 7 heteroatoms. The van der Waals surface area contributed by atoms with Gasteiger partial charge in [-0.05, 0) is 13.0 Å². The van der Waals surface area contributed by atoms with Crippen LogP contribution in [0.2, 0.25) is 0 Å². The first kappa shape index (κ1) is 15.0. The second-order valence-corrected chi connectivity index (χ2v) is 5.60. The zero-order chi connectivity index (χ0) is 17.4. The van der Waals surface area contributed by atoms with E-state index >= 15 is 0 Å². The fraction of sp³-hybridized carbons (Fsp3) is 0.167. The van der Waals surface area contributed by atoms with E-state index in [9.17, 15) is 0 Å². The van der Waals surface area contributed by atoms with Crippen LogP contribution in [0, 0.1) is 18.8 Å². The standard InChI is InChI=1S/C18H15N5O2/c1-12-13(9-21-25-12)4-5-14-7-20-23-11-15(6-17(24-3)18(14)23)16-8-19-22(2)10-16/h6-11H,1-3H3. The third-order valence-electron chi connectivity index (χ3n) is 3.92. The van der Waals surface area contributed by atoms with E-state index in [-0.39, 0.29) is 0 Å². The number of fused-ring (bicyclic) bond motifs is 1. The Hall–Kier alpha value is -3.53. The molecule has 0 aliphatic rings. The molecule has 0 unspecified atom stereocenters. The normalized spacial score (nSPS) is 10.7. The average molecular weight is 333 g/mol. The van der Waals surface area contributed by atoms with Gasteiger partial charge in [0, 0.05) is 30.6 Å². The number of hydrogen-bond acceptors (Lipinski definition) is 5. The Morgan fingerprint density at radius 1 is 1.04 bits per heavy atom. The molecule has 124 valence electrons. The van der Waals surface area contributed by atoms with Crippen molar-refractivity contribution in [3.05, 3.63) is 53.9 Å². The van der Waals surface area contributed by atoms with Crippen molar-refractivity contribution in [1.82, 2.24) is 24.6 Å². The van der Waals surface area contributed by atoms with Crippen LogP contribution < -0.4 is 4.74 Å². The Balaban J connectivity index is 1.83. The minimum atomic E-state index is 0.690. The minimum absolute atomic E-state index is 0.690. The lowest BCUT2D eigenvalue weighted by Crippen LogP contribution is -1.94. The molecular formula is C18H15N5O2. The number of hydrogen-bond donors (Lipinski definition) is 0. The van der Waals surface area contributed by atoms with Crippen LogP contribution in [0.5, 0.6) is 5.75 Å². The zero-order valence-electron chi connectivity index (χ0n) is 14.0. The smallest absolute Gasteiger partial charge is 0.149 e. The van der Waals surface area contributed by atoms with Gasteiger partial charge in [-0.25, -0.2) is 4.52 Å². The quantitative estimate of drug-likeness (QED) is 0.527. The van der Waals surface area contributed by atoms with Crippen LogP contribution in [0.4, 0.5) is 0 Å². The van der Waals surface area contributed by atoms with Gasteiger partial charge in [0.2, 0.25) is 0 Å². The van der Waals surface area contributed by atoms with Gasteiger partial charge in [0.15, 0.2) is 0 Å². The topological polar surface area (TPSA) is 70.4 Å². The fourth-order valence-corrected chi connectivity index (χ4v) is 2.61. The lowest BCUT2D eigenvalue weighted by molar-refractivity contribution is 0.397. The highest BCUT2D eigenvalue weighted by molar-refractivity contribution is 5.75. The van der Waals surface area contributed by atoms with Gasteiger partial charge >= 0.3 is 0 Å². The molecule has 0 saturated heterocycles. The Morgan fingerprint density at radius 3 is 2.56 bits per heavy atom. The van der Waals surface area contributed by atoms with Crippen molar-refractivity contribution in [1.29, 1.82) is 0 Å². The Labute approximate surface area is 143 Å². The highest BCUT2D eigenvalue weighted by Crippen LogP contribution is 2.29. The molecule has 0 aliphatic heterocycles. The van der Waals surface area contributed by atoms with Crippen LogP contribution in [0.3, 0.4) is 0 Å². The summed E-state index contributed by atoms with van der Waals surface area (Å²) in [6.45, 7) is 1.83. The molecule has 0 N–H and O–H groups in total. The van der Waals surface area contributed by atoms with Crippen LogP contribution in [0.15, 0.2) is 41.6 Å². The van der Waals surface area contributed by atoms with Crippen molar-refractivity contribution in [3.63, 3.8) is 0 Å². The van der Waals surface area contributed by atoms with Crippen LogP contribution >= 0.6 is 0 Å². The summed E-state index contributed by atoms with van der Waals surface area (Å²) in [6, 6.07) is 1.96. The Kier molecular flexibility index (Phi) is 3.51. The lowest BCUT2D eigenvalue weighted by Gasteiger charge is -2.06. The third-order valence-corrected chi connectivity index (χ3v) is 3.92. The van der Waals surface area contributed by atoms with Gasteiger partial charge in [-0.1, -0.05) is 17.0 Å². The van der Waals surface area contributed by atoms with Gasteiger partial charge in [0.25, 0.3) is 0 Å². The molecule has 0 atom stereocenters. The van der Waals surface area contributed by atoms with E-state index in [0.29, 0.717) is 11.5 Å². The molecule has 4 heterocycles. The molecule has 0 bridgehead atoms. The summed E-state index contributed by atoms with van der Waals surface area (Å²) in [5.41, 5.74) is 4.30. The van der Waals surface area contributed by atoms with Crippen molar-refractivity contribution >= 4 is 5.52 Å². The summed E-state index contributed by atoms with van der Waals surface area (Å²) in [4.78, 5) is 0. The van der Waals surface area contributed by atoms with Gasteiger partial charge in [0.05, 0.1) is 36.8 Å². The first-order valence-electron chi connectivity index (χ1n) is 7.63. The van der Waals surface area contributed by atoms with Gasteiger partial charge < -0.3 is 9.26 Å². The van der Waals surface area contributed by atoms with E-state index in [0.717, 1.165) is 27.8 Å². The van der Waals surface area contributed by atoms with Gasteiger partial charge in [0.1, 0.15) is 17.0 Å². The Morgan fingerprint density at radius 2 is 1.88 bits per heavy atom. The van der Waals surface area contributed by atoms with Crippen LogP contribution in [-0.2, 0) is 7.05 Å². The number of aromatic nitrogens is 5. The zero-order valence-corrected chi connectivity index (χ0v) is 14.0. The predicted octanol–water partition coefficient (Wildman–Crippen LogP) is 2.44. The molecule has 0 spiro atoms. The van der Waals surface area contributed by atoms with Gasteiger partial charge in [-0.15, -0.1) is 0 Å². The molecule has 4 aromatic heterocycles. The van der Waals surface area contributed by atoms with E-state index in [1.165, 1.54) is 0 Å². The average Bonchev–Trinajstić information content (AvgIpc) is 3.32. The minimum Gasteiger partial charge on any atom is -0.494 e. The van der Waals surface area contributed by atoms with E-state index < -0.39 is 0 Å². The molecule has 0 amide bonds. The summed E-state index contributed by atoms with van der Waals surface area (Å²) in [6.07, 6.45) is 9.01. The molecule has 4 rings (SSSR count). The van der Waals surface area contributed by atoms with Crippen LogP contribution in [0.1, 0.15) is 16.9 Å². The second-order valence-electron chi connectivity index (χ2n) is 5.60. The highest BCUT2D eigenvalue weighted by Gasteiger charge is 2.12. The predicted molar refractivity (Wildman–Crippen MR) is 91.2 cm³/mol. The van der Waals surface area contributed by atoms with Crippen LogP contribution in [-0.4, -0.2) is 31.7 Å². The number of aryl methyl sites for hydroxylation is 2. The van der Waals surface area contributed by atoms with E-state index in [1.54, 1.807) is 34.9 Å². The summed E-state index contributed by atoms with van der Waals surface area (Å²) in [5.74, 6) is 7.57. The second kappa shape index (κ2) is 5.83. The van der Waals surface area contributed by atoms with Gasteiger partial charge in [-0.2, -0.15) is 10.2 Å². The van der Waals surface area contributed by atoms with Crippen molar-refractivity contribution < 1.29 is 9.26 Å². The molecule has 25 heavy (non-hydrogen) atoms. The number of pyridine rings is 1. The van der Waals surface area contributed by atoms with Crippen LogP contribution in [0.25, 0.3) is 16.6 Å². The molecule has 0 fully saturated rings. The SMILES string of the molecule is COc1cc(-c2cnn(C)c2)cn2ncc(C#Cc3cnoc3C)c12. The highest BCUT2D eigenvalue weighted by atomic mass is 16.5. The largest absolute Gasteiger partial charge is 0.494 e. The van der Waals surface area contributed by atoms with Crippen molar-refractivity contribution in [2.75, 3.05) is 7.11 Å². The maximum atomic E-state index is 5.57. The van der Waals surface area contributed by atoms with Crippen molar-refractivity contribution in [2.24, 2.45) is 7.05 Å². The van der Waals surface area contributed by atoms with Crippen molar-refractivity contribution in [3.8, 4) is 28.7 Å². The molecule has 0 radical (unpaired) electrons. The number of rotatable bonds is 2. The first-order valence-corrected chi connectivity index (χ1v) is 7.63. The monoisotopic (exact) mass is 333 g/mol. The molecule has 0 aliphatic carbocycles. The number of methoxy groups -OCH3 is 1. The summed E-state index contributed by atoms with van der Waals surface area (Å²) < 4.78 is 14.1. The summed E-state index contributed by atoms with van der Waals surface area (Å²) in [5, 5.41) is 12.4. The van der Waals surface area contributed by atoms with E-state index in [2.05, 4.69) is 27.2 Å². The van der Waals surface area contributed by atoms with E-state index in [1.807, 2.05) is 32.4 Å². The fourth-order valence-electron chi connectivity index (χ4n) is 2.61. The molecular weight excluding hydrogens is 318 g/mol. The molecule has 0 aromatic carbocycles.